The maximum Gasteiger partial charge on any atom is 0.408 e. The molecular formula is C27H35N3O5. The molecule has 1 unspecified atom stereocenters. The van der Waals surface area contributed by atoms with Gasteiger partial charge in [-0.25, -0.2) is 4.79 Å². The van der Waals surface area contributed by atoms with E-state index in [0.29, 0.717) is 11.4 Å². The van der Waals surface area contributed by atoms with Crippen LogP contribution in [0.25, 0.3) is 0 Å². The second kappa shape index (κ2) is 10.8. The number of carbonyl (C=O) groups is 3. The van der Waals surface area contributed by atoms with E-state index in [1.165, 1.54) is 0 Å². The minimum atomic E-state index is -0.850. The molecule has 3 rings (SSSR count). The van der Waals surface area contributed by atoms with Crippen LogP contribution in [0.2, 0.25) is 0 Å². The summed E-state index contributed by atoms with van der Waals surface area (Å²) in [6.07, 6.45) is 0.928. The van der Waals surface area contributed by atoms with Crippen LogP contribution in [0.3, 0.4) is 0 Å². The number of alkyl carbamates (subject to hydrolysis) is 1. The third-order valence-electron chi connectivity index (χ3n) is 5.74. The number of aryl methyl sites for hydroxylation is 2. The van der Waals surface area contributed by atoms with Gasteiger partial charge in [0.05, 0.1) is 7.11 Å². The van der Waals surface area contributed by atoms with Crippen molar-refractivity contribution in [3.63, 3.8) is 0 Å². The summed E-state index contributed by atoms with van der Waals surface area (Å²) in [5.41, 5.74) is 2.76. The van der Waals surface area contributed by atoms with Gasteiger partial charge in [0.2, 0.25) is 5.91 Å². The lowest BCUT2D eigenvalue weighted by atomic mass is 9.98. The summed E-state index contributed by atoms with van der Waals surface area (Å²) in [4.78, 5) is 40.7. The van der Waals surface area contributed by atoms with Crippen LogP contribution >= 0.6 is 0 Å². The number of hydrogen-bond donors (Lipinski definition) is 2. The van der Waals surface area contributed by atoms with Gasteiger partial charge in [0.25, 0.3) is 5.91 Å². The van der Waals surface area contributed by atoms with E-state index in [1.807, 2.05) is 32.0 Å². The van der Waals surface area contributed by atoms with Crippen molar-refractivity contribution < 1.29 is 23.9 Å². The molecule has 8 heteroatoms. The van der Waals surface area contributed by atoms with Gasteiger partial charge in [0.1, 0.15) is 23.9 Å². The number of amides is 3. The van der Waals surface area contributed by atoms with Crippen LogP contribution in [0.15, 0.2) is 42.5 Å². The Kier molecular flexibility index (Phi) is 8.04. The number of nitrogens with one attached hydrogen (secondary N) is 2. The zero-order chi connectivity index (χ0) is 25.8. The number of hydrogen-bond acceptors (Lipinski definition) is 5. The summed E-state index contributed by atoms with van der Waals surface area (Å²) < 4.78 is 10.4. The highest BCUT2D eigenvalue weighted by molar-refractivity contribution is 5.98. The van der Waals surface area contributed by atoms with Crippen molar-refractivity contribution in [1.29, 1.82) is 0 Å². The maximum absolute atomic E-state index is 13.6. The second-order valence-electron chi connectivity index (χ2n) is 9.85. The van der Waals surface area contributed by atoms with Gasteiger partial charge in [-0.3, -0.25) is 9.59 Å². The second-order valence-corrected chi connectivity index (χ2v) is 9.85. The Morgan fingerprint density at radius 2 is 1.69 bits per heavy atom. The molecule has 1 fully saturated rings. The summed E-state index contributed by atoms with van der Waals surface area (Å²) in [6.45, 7) is 8.98. The first-order chi connectivity index (χ1) is 16.5. The Bertz CT molecular complexity index is 1070. The van der Waals surface area contributed by atoms with Crippen molar-refractivity contribution in [1.82, 2.24) is 10.2 Å². The van der Waals surface area contributed by atoms with Gasteiger partial charge in [0, 0.05) is 11.7 Å². The van der Waals surface area contributed by atoms with Crippen molar-refractivity contribution in [3.05, 3.63) is 59.2 Å². The highest BCUT2D eigenvalue weighted by atomic mass is 16.6. The van der Waals surface area contributed by atoms with Gasteiger partial charge in [0.15, 0.2) is 0 Å². The molecule has 0 heterocycles. The van der Waals surface area contributed by atoms with Crippen LogP contribution in [0, 0.1) is 13.8 Å². The molecule has 1 saturated carbocycles. The number of ether oxygens (including phenoxy) is 2. The molecule has 2 aromatic rings. The first-order valence-electron chi connectivity index (χ1n) is 11.8. The topological polar surface area (TPSA) is 97.0 Å². The van der Waals surface area contributed by atoms with E-state index in [9.17, 15) is 14.4 Å². The lowest BCUT2D eigenvalue weighted by molar-refractivity contribution is -0.138. The fourth-order valence-electron chi connectivity index (χ4n) is 3.72. The van der Waals surface area contributed by atoms with Crippen LogP contribution in [0.1, 0.15) is 56.3 Å². The van der Waals surface area contributed by atoms with E-state index in [-0.39, 0.29) is 24.4 Å². The summed E-state index contributed by atoms with van der Waals surface area (Å²) >= 11 is 0. The standard InChI is InChI=1S/C27H35N3O5/c1-17-7-8-19(15-18(17)2)24(25(32)29-20-9-13-22(34-6)14-10-20)30(21-11-12-21)23(31)16-28-26(33)35-27(3,4)5/h7-10,13-15,21,24H,11-12,16H2,1-6H3,(H,28,33)(H,29,32). The fourth-order valence-corrected chi connectivity index (χ4v) is 3.72. The Hall–Kier alpha value is -3.55. The molecule has 1 aliphatic carbocycles. The minimum Gasteiger partial charge on any atom is -0.497 e. The van der Waals surface area contributed by atoms with Crippen LogP contribution in [0.5, 0.6) is 5.75 Å². The first kappa shape index (κ1) is 26.1. The van der Waals surface area contributed by atoms with Crippen molar-refractivity contribution >= 4 is 23.6 Å². The quantitative estimate of drug-likeness (QED) is 0.578. The molecule has 1 aliphatic rings. The molecule has 0 aliphatic heterocycles. The number of anilines is 1. The average molecular weight is 482 g/mol. The van der Waals surface area contributed by atoms with E-state index in [4.69, 9.17) is 9.47 Å². The van der Waals surface area contributed by atoms with Crippen molar-refractivity contribution in [2.24, 2.45) is 0 Å². The molecular weight excluding hydrogens is 446 g/mol. The predicted octanol–water partition coefficient (Wildman–Crippen LogP) is 4.51. The van der Waals surface area contributed by atoms with Gasteiger partial charge >= 0.3 is 6.09 Å². The van der Waals surface area contributed by atoms with Crippen LogP contribution in [-0.2, 0) is 14.3 Å². The van der Waals surface area contributed by atoms with Gasteiger partial charge < -0.3 is 25.0 Å². The average Bonchev–Trinajstić information content (AvgIpc) is 3.62. The van der Waals surface area contributed by atoms with E-state index < -0.39 is 17.7 Å². The third kappa shape index (κ3) is 7.21. The molecule has 0 bridgehead atoms. The summed E-state index contributed by atoms with van der Waals surface area (Å²) in [6, 6.07) is 11.9. The molecule has 0 spiro atoms. The molecule has 2 aromatic carbocycles. The number of carbonyl (C=O) groups excluding carboxylic acids is 3. The molecule has 3 amide bonds. The molecule has 0 radical (unpaired) electrons. The van der Waals surface area contributed by atoms with Gasteiger partial charge in [-0.1, -0.05) is 18.2 Å². The molecule has 35 heavy (non-hydrogen) atoms. The normalized spacial score (nSPS) is 14.0. The first-order valence-corrected chi connectivity index (χ1v) is 11.8. The third-order valence-corrected chi connectivity index (χ3v) is 5.74. The largest absolute Gasteiger partial charge is 0.497 e. The van der Waals surface area contributed by atoms with E-state index in [0.717, 1.165) is 29.5 Å². The highest BCUT2D eigenvalue weighted by Crippen LogP contribution is 2.36. The Morgan fingerprint density at radius 1 is 1.03 bits per heavy atom. The Balaban J connectivity index is 1.87. The van der Waals surface area contributed by atoms with Gasteiger partial charge in [-0.05, 0) is 88.4 Å². The molecule has 2 N–H and O–H groups in total. The number of methoxy groups -OCH3 is 1. The van der Waals surface area contributed by atoms with Crippen molar-refractivity contribution in [2.75, 3.05) is 19.0 Å². The van der Waals surface area contributed by atoms with Crippen molar-refractivity contribution in [2.45, 2.75) is 65.1 Å². The van der Waals surface area contributed by atoms with E-state index >= 15 is 0 Å². The molecule has 1 atom stereocenters. The number of nitrogens with zero attached hydrogens (tertiary/aromatic N) is 1. The van der Waals surface area contributed by atoms with Crippen LogP contribution < -0.4 is 15.4 Å². The number of rotatable bonds is 8. The SMILES string of the molecule is COc1ccc(NC(=O)C(c2ccc(C)c(C)c2)N(C(=O)CNC(=O)OC(C)(C)C)C2CC2)cc1. The zero-order valence-electron chi connectivity index (χ0n) is 21.3. The maximum atomic E-state index is 13.6. The summed E-state index contributed by atoms with van der Waals surface area (Å²) in [7, 11) is 1.58. The molecule has 0 aromatic heterocycles. The molecule has 0 saturated heterocycles. The number of benzene rings is 2. The minimum absolute atomic E-state index is 0.0730. The lowest BCUT2D eigenvalue weighted by Gasteiger charge is -2.32. The highest BCUT2D eigenvalue weighted by Gasteiger charge is 2.41. The van der Waals surface area contributed by atoms with E-state index in [1.54, 1.807) is 57.0 Å². The van der Waals surface area contributed by atoms with Gasteiger partial charge in [-0.2, -0.15) is 0 Å². The van der Waals surface area contributed by atoms with E-state index in [2.05, 4.69) is 10.6 Å². The summed E-state index contributed by atoms with van der Waals surface area (Å²) in [5, 5.41) is 5.47. The Morgan fingerprint density at radius 3 is 2.23 bits per heavy atom. The van der Waals surface area contributed by atoms with Gasteiger partial charge in [-0.15, -0.1) is 0 Å². The zero-order valence-corrected chi connectivity index (χ0v) is 21.3. The fraction of sp³-hybridized carbons (Fsp3) is 0.444. The smallest absolute Gasteiger partial charge is 0.408 e. The van der Waals surface area contributed by atoms with Crippen molar-refractivity contribution in [3.8, 4) is 5.75 Å². The monoisotopic (exact) mass is 481 g/mol. The molecule has 188 valence electrons. The van der Waals surface area contributed by atoms with Crippen LogP contribution in [-0.4, -0.2) is 48.1 Å². The Labute approximate surface area is 207 Å². The molecule has 8 nitrogen and oxygen atoms in total. The summed E-state index contributed by atoms with van der Waals surface area (Å²) in [5.74, 6) is 0.0131. The predicted molar refractivity (Wildman–Crippen MR) is 134 cm³/mol. The van der Waals surface area contributed by atoms with Crippen LogP contribution in [0.4, 0.5) is 10.5 Å². The lowest BCUT2D eigenvalue weighted by Crippen LogP contribution is -2.47.